The van der Waals surface area contributed by atoms with E-state index in [4.69, 9.17) is 4.74 Å². The molecular weight excluding hydrogens is 544 g/mol. The molecule has 1 fully saturated rings. The van der Waals surface area contributed by atoms with E-state index in [-0.39, 0.29) is 17.4 Å². The van der Waals surface area contributed by atoms with E-state index in [1.165, 1.54) is 16.8 Å². The number of carbonyl (C=O) groups is 1. The second-order valence-corrected chi connectivity index (χ2v) is 9.80. The van der Waals surface area contributed by atoms with E-state index >= 15 is 4.39 Å². The Hall–Kier alpha value is -4.48. The maximum Gasteiger partial charge on any atom is 0.332 e. The molecule has 8 nitrogen and oxygen atoms in total. The van der Waals surface area contributed by atoms with E-state index in [1.54, 1.807) is 35.2 Å². The van der Waals surface area contributed by atoms with Crippen molar-refractivity contribution in [1.29, 1.82) is 0 Å². The molecule has 4 aromatic rings. The number of hydrogen-bond donors (Lipinski definition) is 0. The lowest BCUT2D eigenvalue weighted by Gasteiger charge is -2.31. The highest BCUT2D eigenvalue weighted by Crippen LogP contribution is 2.28. The zero-order valence-corrected chi connectivity index (χ0v) is 21.8. The summed E-state index contributed by atoms with van der Waals surface area (Å²) in [7, 11) is 0. The van der Waals surface area contributed by atoms with Crippen LogP contribution in [0.3, 0.4) is 0 Å². The number of hydrogen-bond acceptors (Lipinski definition) is 5. The summed E-state index contributed by atoms with van der Waals surface area (Å²) in [5.74, 6) is -1.94. The standard InChI is InChI=1S/C29H26F4N4O4/c30-13-20(14-31)41-27-11-22-26(12-24(27)33)37(19-7-9-35(17-38)10-8-19)29(40)36(28(22)39)16-18-5-6-25(34-15-18)21-3-1-2-4-23(21)32/h1-6,11-12,15,17,19-20H,7-10,13-14,16H2. The fourth-order valence-electron chi connectivity index (χ4n) is 5.02. The summed E-state index contributed by atoms with van der Waals surface area (Å²) in [6, 6.07) is 10.9. The monoisotopic (exact) mass is 570 g/mol. The van der Waals surface area contributed by atoms with Gasteiger partial charge in [0.1, 0.15) is 19.2 Å². The highest BCUT2D eigenvalue weighted by Gasteiger charge is 2.26. The minimum atomic E-state index is -1.55. The van der Waals surface area contributed by atoms with Crippen LogP contribution in [0.1, 0.15) is 24.4 Å². The average Bonchev–Trinajstić information content (AvgIpc) is 2.99. The molecule has 0 N–H and O–H groups in total. The van der Waals surface area contributed by atoms with Gasteiger partial charge in [0, 0.05) is 37.0 Å². The first kappa shape index (κ1) is 28.1. The van der Waals surface area contributed by atoms with Crippen LogP contribution in [0.25, 0.3) is 22.2 Å². The molecule has 0 bridgehead atoms. The van der Waals surface area contributed by atoms with Crippen LogP contribution >= 0.6 is 0 Å². The number of benzene rings is 2. The Balaban J connectivity index is 1.61. The highest BCUT2D eigenvalue weighted by atomic mass is 19.1. The van der Waals surface area contributed by atoms with E-state index in [9.17, 15) is 27.6 Å². The molecule has 41 heavy (non-hydrogen) atoms. The number of ether oxygens (including phenoxy) is 1. The number of alkyl halides is 2. The average molecular weight is 571 g/mol. The third-order valence-corrected chi connectivity index (χ3v) is 7.19. The Morgan fingerprint density at radius 3 is 2.37 bits per heavy atom. The lowest BCUT2D eigenvalue weighted by molar-refractivity contribution is -0.119. The number of rotatable bonds is 9. The molecule has 1 amide bonds. The van der Waals surface area contributed by atoms with Crippen LogP contribution in [-0.2, 0) is 11.3 Å². The zero-order valence-electron chi connectivity index (χ0n) is 21.8. The van der Waals surface area contributed by atoms with Gasteiger partial charge >= 0.3 is 5.69 Å². The van der Waals surface area contributed by atoms with Crippen LogP contribution in [0.2, 0.25) is 0 Å². The summed E-state index contributed by atoms with van der Waals surface area (Å²) >= 11 is 0. The van der Waals surface area contributed by atoms with Gasteiger partial charge < -0.3 is 9.64 Å². The molecule has 1 saturated heterocycles. The number of aromatic nitrogens is 3. The normalized spacial score (nSPS) is 14.1. The van der Waals surface area contributed by atoms with Gasteiger partial charge in [0.2, 0.25) is 6.41 Å². The molecule has 3 heterocycles. The predicted molar refractivity (Wildman–Crippen MR) is 143 cm³/mol. The minimum Gasteiger partial charge on any atom is -0.482 e. The van der Waals surface area contributed by atoms with Crippen molar-refractivity contribution in [2.75, 3.05) is 26.4 Å². The summed E-state index contributed by atoms with van der Waals surface area (Å²) in [5.41, 5.74) is -0.310. The van der Waals surface area contributed by atoms with E-state index in [2.05, 4.69) is 4.98 Å². The molecule has 0 atom stereocenters. The SMILES string of the molecule is O=CN1CCC(n2c(=O)n(Cc3ccc(-c4ccccc4F)nc3)c(=O)c3cc(OC(CF)CF)c(F)cc32)CC1. The van der Waals surface area contributed by atoms with Crippen molar-refractivity contribution in [1.82, 2.24) is 19.0 Å². The summed E-state index contributed by atoms with van der Waals surface area (Å²) in [6.45, 7) is -1.88. The topological polar surface area (TPSA) is 86.4 Å². The van der Waals surface area contributed by atoms with Crippen LogP contribution in [-0.4, -0.2) is 58.0 Å². The lowest BCUT2D eigenvalue weighted by atomic mass is 10.0. The Morgan fingerprint density at radius 1 is 1.00 bits per heavy atom. The molecule has 12 heteroatoms. The Morgan fingerprint density at radius 2 is 1.73 bits per heavy atom. The Bertz CT molecular complexity index is 1680. The molecule has 0 aliphatic carbocycles. The maximum atomic E-state index is 15.0. The largest absolute Gasteiger partial charge is 0.482 e. The first-order valence-electron chi connectivity index (χ1n) is 13.0. The van der Waals surface area contributed by atoms with Gasteiger partial charge in [-0.25, -0.2) is 22.4 Å². The fourth-order valence-corrected chi connectivity index (χ4v) is 5.02. The zero-order chi connectivity index (χ0) is 29.1. The van der Waals surface area contributed by atoms with Gasteiger partial charge in [-0.1, -0.05) is 18.2 Å². The van der Waals surface area contributed by atoms with Crippen molar-refractivity contribution in [3.8, 4) is 17.0 Å². The molecule has 1 aliphatic rings. The number of pyridine rings is 1. The minimum absolute atomic E-state index is 0.00993. The summed E-state index contributed by atoms with van der Waals surface area (Å²) in [4.78, 5) is 44.4. The second-order valence-electron chi connectivity index (χ2n) is 9.80. The van der Waals surface area contributed by atoms with Crippen LogP contribution in [0.5, 0.6) is 5.75 Å². The van der Waals surface area contributed by atoms with Crippen molar-refractivity contribution in [3.05, 3.63) is 92.8 Å². The quantitative estimate of drug-likeness (QED) is 0.224. The molecular formula is C29H26F4N4O4. The maximum absolute atomic E-state index is 15.0. The van der Waals surface area contributed by atoms with Gasteiger partial charge in [0.25, 0.3) is 5.56 Å². The first-order chi connectivity index (χ1) is 19.8. The number of nitrogens with zero attached hydrogens (tertiary/aromatic N) is 4. The molecule has 2 aromatic heterocycles. The van der Waals surface area contributed by atoms with E-state index in [1.807, 2.05) is 0 Å². The smallest absolute Gasteiger partial charge is 0.332 e. The Labute approximate surface area is 231 Å². The van der Waals surface area contributed by atoms with Crippen molar-refractivity contribution >= 4 is 17.3 Å². The molecule has 0 saturated carbocycles. The number of likely N-dealkylation sites (tertiary alicyclic amines) is 1. The second kappa shape index (κ2) is 11.9. The van der Waals surface area contributed by atoms with Crippen molar-refractivity contribution in [2.24, 2.45) is 0 Å². The van der Waals surface area contributed by atoms with Gasteiger partial charge in [-0.3, -0.25) is 23.7 Å². The van der Waals surface area contributed by atoms with Crippen molar-refractivity contribution < 1.29 is 27.1 Å². The number of fused-ring (bicyclic) bond motifs is 1. The number of amides is 1. The van der Waals surface area contributed by atoms with Crippen LogP contribution in [0.4, 0.5) is 17.6 Å². The third kappa shape index (κ3) is 5.59. The molecule has 0 spiro atoms. The molecule has 0 radical (unpaired) electrons. The van der Waals surface area contributed by atoms with Gasteiger partial charge in [-0.15, -0.1) is 0 Å². The molecule has 0 unspecified atom stereocenters. The molecule has 5 rings (SSSR count). The van der Waals surface area contributed by atoms with Gasteiger partial charge in [0.15, 0.2) is 17.7 Å². The Kier molecular flexibility index (Phi) is 8.18. The third-order valence-electron chi connectivity index (χ3n) is 7.19. The highest BCUT2D eigenvalue weighted by molar-refractivity contribution is 5.80. The van der Waals surface area contributed by atoms with Gasteiger partial charge in [-0.2, -0.15) is 0 Å². The summed E-state index contributed by atoms with van der Waals surface area (Å²) in [5, 5.41) is -0.0776. The van der Waals surface area contributed by atoms with E-state index in [0.717, 1.165) is 16.7 Å². The lowest BCUT2D eigenvalue weighted by Crippen LogP contribution is -2.44. The van der Waals surface area contributed by atoms with Crippen LogP contribution in [0, 0.1) is 11.6 Å². The van der Waals surface area contributed by atoms with Crippen LogP contribution in [0.15, 0.2) is 64.3 Å². The molecule has 1 aliphatic heterocycles. The first-order valence-corrected chi connectivity index (χ1v) is 13.0. The van der Waals surface area contributed by atoms with E-state index in [0.29, 0.717) is 49.2 Å². The van der Waals surface area contributed by atoms with E-state index < -0.39 is 54.1 Å². The van der Waals surface area contributed by atoms with Crippen molar-refractivity contribution in [2.45, 2.75) is 31.5 Å². The van der Waals surface area contributed by atoms with Gasteiger partial charge in [0.05, 0.1) is 23.1 Å². The fraction of sp³-hybridized carbons (Fsp3) is 0.310. The van der Waals surface area contributed by atoms with Crippen molar-refractivity contribution in [3.63, 3.8) is 0 Å². The van der Waals surface area contributed by atoms with Gasteiger partial charge in [-0.05, 0) is 42.7 Å². The molecule has 2 aromatic carbocycles. The number of carbonyl (C=O) groups excluding carboxylic acids is 1. The number of piperidine rings is 1. The predicted octanol–water partition coefficient (Wildman–Crippen LogP) is 4.03. The summed E-state index contributed by atoms with van der Waals surface area (Å²) in [6.07, 6.45) is 1.36. The van der Waals surface area contributed by atoms with Crippen LogP contribution < -0.4 is 16.0 Å². The summed E-state index contributed by atoms with van der Waals surface area (Å²) < 4.78 is 62.9. The number of halogens is 4. The molecule has 214 valence electrons.